The molecule has 1 aromatic carbocycles. The van der Waals surface area contributed by atoms with Crippen molar-refractivity contribution in [3.05, 3.63) is 54.3 Å². The average Bonchev–Trinajstić information content (AvgIpc) is 2.76. The first-order valence-corrected chi connectivity index (χ1v) is 6.04. The van der Waals surface area contributed by atoms with Gasteiger partial charge in [-0.15, -0.1) is 0 Å². The highest BCUT2D eigenvalue weighted by Crippen LogP contribution is 2.30. The van der Waals surface area contributed by atoms with E-state index < -0.39 is 0 Å². The van der Waals surface area contributed by atoms with Gasteiger partial charge in [-0.3, -0.25) is 0 Å². The summed E-state index contributed by atoms with van der Waals surface area (Å²) in [6, 6.07) is 7.88. The van der Waals surface area contributed by atoms with E-state index in [9.17, 15) is 4.79 Å². The lowest BCUT2D eigenvalue weighted by Gasteiger charge is -1.99. The van der Waals surface area contributed by atoms with Gasteiger partial charge >= 0.3 is 5.97 Å². The van der Waals surface area contributed by atoms with E-state index >= 15 is 0 Å². The first kappa shape index (κ1) is 13.1. The van der Waals surface area contributed by atoms with Gasteiger partial charge in [0.25, 0.3) is 0 Å². The molecule has 0 aliphatic heterocycles. The number of aryl methyl sites for hydroxylation is 1. The van der Waals surface area contributed by atoms with Crippen molar-refractivity contribution >= 4 is 22.5 Å². The molecule has 3 heteroatoms. The van der Waals surface area contributed by atoms with E-state index in [1.165, 1.54) is 13.2 Å². The topological polar surface area (TPSA) is 39.4 Å². The van der Waals surface area contributed by atoms with Crippen LogP contribution in [-0.2, 0) is 9.53 Å². The zero-order valence-electron chi connectivity index (χ0n) is 11.1. The number of hydrogen-bond acceptors (Lipinski definition) is 3. The smallest absolute Gasteiger partial charge is 0.330 e. The molecular formula is C16H16O3. The molecule has 0 saturated carbocycles. The highest BCUT2D eigenvalue weighted by Gasteiger charge is 2.11. The number of para-hydroxylation sites is 1. The van der Waals surface area contributed by atoms with Crippen LogP contribution in [0, 0.1) is 6.92 Å². The summed E-state index contributed by atoms with van der Waals surface area (Å²) in [5, 5.41) is 1.09. The van der Waals surface area contributed by atoms with E-state index in [-0.39, 0.29) is 5.97 Å². The minimum Gasteiger partial charge on any atom is -0.466 e. The van der Waals surface area contributed by atoms with Crippen LogP contribution in [0.1, 0.15) is 17.7 Å². The molecule has 1 heterocycles. The largest absolute Gasteiger partial charge is 0.466 e. The van der Waals surface area contributed by atoms with Crippen LogP contribution in [0.25, 0.3) is 16.5 Å². The number of hydrogen-bond donors (Lipinski definition) is 0. The highest BCUT2D eigenvalue weighted by atomic mass is 16.5. The molecule has 0 unspecified atom stereocenters. The Hall–Kier alpha value is -2.29. The second-order valence-electron chi connectivity index (χ2n) is 4.29. The summed E-state index contributed by atoms with van der Waals surface area (Å²) in [6.07, 6.45) is 3.67. The maximum atomic E-state index is 11.0. The van der Waals surface area contributed by atoms with E-state index in [1.54, 1.807) is 6.08 Å². The molecule has 0 amide bonds. The number of allylic oxidation sites excluding steroid dienone is 2. The molecule has 0 radical (unpaired) electrons. The van der Waals surface area contributed by atoms with Crippen molar-refractivity contribution in [1.82, 2.24) is 0 Å². The van der Waals surface area contributed by atoms with Crippen molar-refractivity contribution in [2.24, 2.45) is 0 Å². The van der Waals surface area contributed by atoms with E-state index in [0.29, 0.717) is 6.42 Å². The van der Waals surface area contributed by atoms with Gasteiger partial charge in [0, 0.05) is 17.0 Å². The third-order valence-corrected chi connectivity index (χ3v) is 2.98. The Bertz CT molecular complexity index is 647. The molecule has 0 fully saturated rings. The molecule has 19 heavy (non-hydrogen) atoms. The average molecular weight is 256 g/mol. The zero-order chi connectivity index (χ0) is 13.8. The van der Waals surface area contributed by atoms with Gasteiger partial charge in [-0.1, -0.05) is 30.9 Å². The number of carbonyl (C=O) groups is 1. The number of esters is 1. The predicted octanol–water partition coefficient (Wildman–Crippen LogP) is 3.87. The molecule has 0 N–H and O–H groups in total. The van der Waals surface area contributed by atoms with Crippen molar-refractivity contribution in [2.75, 3.05) is 7.11 Å². The zero-order valence-corrected chi connectivity index (χ0v) is 11.1. The first-order valence-electron chi connectivity index (χ1n) is 6.04. The third kappa shape index (κ3) is 2.76. The number of benzene rings is 1. The summed E-state index contributed by atoms with van der Waals surface area (Å²) in [4.78, 5) is 11.0. The molecule has 2 rings (SSSR count). The fraction of sp³-hybridized carbons (Fsp3) is 0.188. The molecule has 98 valence electrons. The normalized spacial score (nSPS) is 11.1. The van der Waals surface area contributed by atoms with E-state index in [4.69, 9.17) is 4.42 Å². The lowest BCUT2D eigenvalue weighted by atomic mass is 10.1. The standard InChI is InChI=1S/C16H16O3/c1-11(7-6-10-15(17)18-3)16-12(2)13-8-4-5-9-14(13)19-16/h4-6,8-10H,1,7H2,2-3H3. The van der Waals surface area contributed by atoms with Crippen LogP contribution in [0.2, 0.25) is 0 Å². The SMILES string of the molecule is C=C(CC=CC(=O)OC)c1oc2ccccc2c1C. The van der Waals surface area contributed by atoms with Crippen molar-refractivity contribution < 1.29 is 13.9 Å². The highest BCUT2D eigenvalue weighted by molar-refractivity contribution is 5.86. The van der Waals surface area contributed by atoms with Crippen molar-refractivity contribution in [1.29, 1.82) is 0 Å². The number of furan rings is 1. The number of carbonyl (C=O) groups excluding carboxylic acids is 1. The summed E-state index contributed by atoms with van der Waals surface area (Å²) < 4.78 is 10.3. The monoisotopic (exact) mass is 256 g/mol. The van der Waals surface area contributed by atoms with Gasteiger partial charge in [0.15, 0.2) is 0 Å². The van der Waals surface area contributed by atoms with Crippen LogP contribution >= 0.6 is 0 Å². The minimum absolute atomic E-state index is 0.367. The molecule has 0 aliphatic rings. The molecule has 0 spiro atoms. The Balaban J connectivity index is 2.20. The molecule has 0 bridgehead atoms. The van der Waals surface area contributed by atoms with Gasteiger partial charge < -0.3 is 9.15 Å². The Morgan fingerprint density at radius 2 is 2.16 bits per heavy atom. The van der Waals surface area contributed by atoms with Crippen LogP contribution in [0.3, 0.4) is 0 Å². The van der Waals surface area contributed by atoms with Gasteiger partial charge in [0.05, 0.1) is 7.11 Å². The van der Waals surface area contributed by atoms with E-state index in [0.717, 1.165) is 27.9 Å². The van der Waals surface area contributed by atoms with Crippen molar-refractivity contribution in [3.8, 4) is 0 Å². The molecular weight excluding hydrogens is 240 g/mol. The van der Waals surface area contributed by atoms with Crippen LogP contribution in [0.5, 0.6) is 0 Å². The Labute approximate surface area is 112 Å². The first-order chi connectivity index (χ1) is 9.13. The predicted molar refractivity (Wildman–Crippen MR) is 75.8 cm³/mol. The third-order valence-electron chi connectivity index (χ3n) is 2.98. The summed E-state index contributed by atoms with van der Waals surface area (Å²) in [5.74, 6) is 0.421. The fourth-order valence-electron chi connectivity index (χ4n) is 1.97. The van der Waals surface area contributed by atoms with Gasteiger partial charge in [0.1, 0.15) is 11.3 Å². The molecule has 3 nitrogen and oxygen atoms in total. The van der Waals surface area contributed by atoms with Crippen LogP contribution in [0.4, 0.5) is 0 Å². The molecule has 2 aromatic rings. The van der Waals surface area contributed by atoms with Crippen LogP contribution < -0.4 is 0 Å². The van der Waals surface area contributed by atoms with Crippen LogP contribution in [0.15, 0.2) is 47.4 Å². The Kier molecular flexibility index (Phi) is 3.85. The number of ether oxygens (including phenoxy) is 1. The van der Waals surface area contributed by atoms with E-state index in [2.05, 4.69) is 11.3 Å². The molecule has 0 saturated heterocycles. The number of rotatable bonds is 4. The quantitative estimate of drug-likeness (QED) is 0.615. The van der Waals surface area contributed by atoms with Crippen molar-refractivity contribution in [3.63, 3.8) is 0 Å². The lowest BCUT2D eigenvalue weighted by Crippen LogP contribution is -1.93. The molecule has 1 aromatic heterocycles. The Morgan fingerprint density at radius 1 is 1.42 bits per heavy atom. The summed E-state index contributed by atoms with van der Waals surface area (Å²) in [7, 11) is 1.35. The second kappa shape index (κ2) is 5.57. The number of methoxy groups -OCH3 is 1. The van der Waals surface area contributed by atoms with Gasteiger partial charge in [-0.05, 0) is 25.0 Å². The fourth-order valence-corrected chi connectivity index (χ4v) is 1.97. The summed E-state index contributed by atoms with van der Waals surface area (Å²) >= 11 is 0. The summed E-state index contributed by atoms with van der Waals surface area (Å²) in [5.41, 5.74) is 2.77. The second-order valence-corrected chi connectivity index (χ2v) is 4.29. The lowest BCUT2D eigenvalue weighted by molar-refractivity contribution is -0.134. The van der Waals surface area contributed by atoms with Gasteiger partial charge in [-0.25, -0.2) is 4.79 Å². The van der Waals surface area contributed by atoms with Crippen LogP contribution in [-0.4, -0.2) is 13.1 Å². The Morgan fingerprint density at radius 3 is 2.84 bits per heavy atom. The van der Waals surface area contributed by atoms with E-state index in [1.807, 2.05) is 31.2 Å². The minimum atomic E-state index is -0.367. The van der Waals surface area contributed by atoms with Gasteiger partial charge in [-0.2, -0.15) is 0 Å². The van der Waals surface area contributed by atoms with Gasteiger partial charge in [0.2, 0.25) is 0 Å². The molecule has 0 aliphatic carbocycles. The van der Waals surface area contributed by atoms with Crippen molar-refractivity contribution in [2.45, 2.75) is 13.3 Å². The molecule has 0 atom stereocenters. The number of fused-ring (bicyclic) bond motifs is 1. The maximum absolute atomic E-state index is 11.0. The maximum Gasteiger partial charge on any atom is 0.330 e. The summed E-state index contributed by atoms with van der Waals surface area (Å²) in [6.45, 7) is 6.02.